The van der Waals surface area contributed by atoms with Gasteiger partial charge in [-0.2, -0.15) is 4.98 Å². The van der Waals surface area contributed by atoms with Gasteiger partial charge in [-0.05, 0) is 61.4 Å². The standard InChI is InChI=1S/C22H22N2O3S2/c1-27-16-10-8-15(9-11-16)20(25)14-29-21-18-6-2-3-7-19(18)24(22(26)23-21)13-17-5-4-12-28-17/h4-5,8-12H,2-3,6-7,13-14H2,1H3. The van der Waals surface area contributed by atoms with E-state index in [2.05, 4.69) is 4.98 Å². The summed E-state index contributed by atoms with van der Waals surface area (Å²) in [5.41, 5.74) is 2.64. The fraction of sp³-hybridized carbons (Fsp3) is 0.318. The Morgan fingerprint density at radius 3 is 2.72 bits per heavy atom. The lowest BCUT2D eigenvalue weighted by molar-refractivity contribution is 0.102. The third-order valence-electron chi connectivity index (χ3n) is 5.10. The Bertz CT molecular complexity index is 1060. The predicted molar refractivity (Wildman–Crippen MR) is 117 cm³/mol. The van der Waals surface area contributed by atoms with E-state index in [0.29, 0.717) is 17.1 Å². The fourth-order valence-corrected chi connectivity index (χ4v) is 5.25. The van der Waals surface area contributed by atoms with Gasteiger partial charge in [-0.3, -0.25) is 9.36 Å². The van der Waals surface area contributed by atoms with Crippen molar-refractivity contribution >= 4 is 28.9 Å². The molecule has 7 heteroatoms. The van der Waals surface area contributed by atoms with Crippen molar-refractivity contribution in [2.45, 2.75) is 37.3 Å². The Morgan fingerprint density at radius 2 is 2.00 bits per heavy atom. The van der Waals surface area contributed by atoms with Gasteiger partial charge >= 0.3 is 5.69 Å². The summed E-state index contributed by atoms with van der Waals surface area (Å²) in [5, 5.41) is 2.74. The van der Waals surface area contributed by atoms with Crippen molar-refractivity contribution < 1.29 is 9.53 Å². The molecule has 0 fully saturated rings. The molecule has 0 saturated carbocycles. The van der Waals surface area contributed by atoms with Crippen LogP contribution in [0.4, 0.5) is 0 Å². The normalized spacial score (nSPS) is 13.1. The number of ketones is 1. The van der Waals surface area contributed by atoms with E-state index >= 15 is 0 Å². The average molecular weight is 427 g/mol. The van der Waals surface area contributed by atoms with Crippen LogP contribution in [0.1, 0.15) is 39.3 Å². The summed E-state index contributed by atoms with van der Waals surface area (Å²) in [6, 6.07) is 11.1. The number of methoxy groups -OCH3 is 1. The molecule has 2 heterocycles. The van der Waals surface area contributed by atoms with Crippen molar-refractivity contribution in [3.63, 3.8) is 0 Å². The molecule has 4 rings (SSSR count). The van der Waals surface area contributed by atoms with Gasteiger partial charge in [0.2, 0.25) is 0 Å². The van der Waals surface area contributed by atoms with Gasteiger partial charge in [-0.15, -0.1) is 11.3 Å². The number of Topliss-reactive ketones (excluding diaryl/α,β-unsaturated/α-hetero) is 1. The molecule has 1 aromatic carbocycles. The van der Waals surface area contributed by atoms with E-state index in [-0.39, 0.29) is 17.2 Å². The summed E-state index contributed by atoms with van der Waals surface area (Å²) in [6.07, 6.45) is 3.96. The molecule has 2 aromatic heterocycles. The molecule has 0 bridgehead atoms. The number of carbonyl (C=O) groups excluding carboxylic acids is 1. The smallest absolute Gasteiger partial charge is 0.349 e. The number of thioether (sulfide) groups is 1. The number of rotatable bonds is 7. The Labute approximate surface area is 177 Å². The minimum Gasteiger partial charge on any atom is -0.497 e. The van der Waals surface area contributed by atoms with Gasteiger partial charge < -0.3 is 4.74 Å². The van der Waals surface area contributed by atoms with Crippen LogP contribution in [0, 0.1) is 0 Å². The van der Waals surface area contributed by atoms with Gasteiger partial charge in [0.15, 0.2) is 5.78 Å². The van der Waals surface area contributed by atoms with Crippen LogP contribution >= 0.6 is 23.1 Å². The maximum Gasteiger partial charge on any atom is 0.349 e. The number of thiophene rings is 1. The first kappa shape index (κ1) is 19.9. The van der Waals surface area contributed by atoms with Crippen LogP contribution in [0.5, 0.6) is 5.75 Å². The Morgan fingerprint density at radius 1 is 1.21 bits per heavy atom. The SMILES string of the molecule is COc1ccc(C(=O)CSc2nc(=O)n(Cc3cccs3)c3c2CCCC3)cc1. The molecular formula is C22H22N2O3S2. The van der Waals surface area contributed by atoms with Crippen LogP contribution in [0.25, 0.3) is 0 Å². The van der Waals surface area contributed by atoms with Gasteiger partial charge in [0.05, 0.1) is 19.4 Å². The van der Waals surface area contributed by atoms with Crippen LogP contribution in [0.2, 0.25) is 0 Å². The molecule has 29 heavy (non-hydrogen) atoms. The number of nitrogens with zero attached hydrogens (tertiary/aromatic N) is 2. The molecular weight excluding hydrogens is 404 g/mol. The van der Waals surface area contributed by atoms with Gasteiger partial charge in [-0.1, -0.05) is 17.8 Å². The largest absolute Gasteiger partial charge is 0.497 e. The fourth-order valence-electron chi connectivity index (χ4n) is 3.58. The van der Waals surface area contributed by atoms with Gasteiger partial charge in [-0.25, -0.2) is 4.79 Å². The number of hydrogen-bond acceptors (Lipinski definition) is 6. The van der Waals surface area contributed by atoms with Crippen molar-refractivity contribution in [3.8, 4) is 5.75 Å². The van der Waals surface area contributed by atoms with Crippen LogP contribution in [-0.4, -0.2) is 28.2 Å². The summed E-state index contributed by atoms with van der Waals surface area (Å²) in [4.78, 5) is 30.9. The second kappa shape index (κ2) is 8.97. The quantitative estimate of drug-likeness (QED) is 0.322. The number of benzene rings is 1. The molecule has 1 aliphatic carbocycles. The summed E-state index contributed by atoms with van der Waals surface area (Å²) >= 11 is 3.03. The zero-order valence-electron chi connectivity index (χ0n) is 16.2. The third kappa shape index (κ3) is 4.46. The second-order valence-electron chi connectivity index (χ2n) is 6.94. The molecule has 0 aliphatic heterocycles. The Balaban J connectivity index is 1.56. The zero-order valence-corrected chi connectivity index (χ0v) is 17.9. The van der Waals surface area contributed by atoms with E-state index in [0.717, 1.165) is 47.6 Å². The highest BCUT2D eigenvalue weighted by atomic mass is 32.2. The molecule has 0 amide bonds. The Hall–Kier alpha value is -2.38. The maximum atomic E-state index is 12.8. The average Bonchev–Trinajstić information content (AvgIpc) is 3.27. The van der Waals surface area contributed by atoms with Crippen molar-refractivity contribution in [2.75, 3.05) is 12.9 Å². The lowest BCUT2D eigenvalue weighted by Gasteiger charge is -2.22. The molecule has 1 aliphatic rings. The highest BCUT2D eigenvalue weighted by Gasteiger charge is 2.21. The highest BCUT2D eigenvalue weighted by molar-refractivity contribution is 8.00. The summed E-state index contributed by atoms with van der Waals surface area (Å²) in [5.74, 6) is 1.01. The molecule has 0 N–H and O–H groups in total. The van der Waals surface area contributed by atoms with E-state index in [1.54, 1.807) is 42.7 Å². The molecule has 0 unspecified atom stereocenters. The van der Waals surface area contributed by atoms with E-state index < -0.39 is 0 Å². The molecule has 0 radical (unpaired) electrons. The van der Waals surface area contributed by atoms with E-state index in [4.69, 9.17) is 4.74 Å². The second-order valence-corrected chi connectivity index (χ2v) is 8.93. The molecule has 5 nitrogen and oxygen atoms in total. The third-order valence-corrected chi connectivity index (χ3v) is 6.98. The predicted octanol–water partition coefficient (Wildman–Crippen LogP) is 4.22. The van der Waals surface area contributed by atoms with Crippen LogP contribution in [0.15, 0.2) is 51.6 Å². The topological polar surface area (TPSA) is 61.2 Å². The van der Waals surface area contributed by atoms with Crippen LogP contribution in [-0.2, 0) is 19.4 Å². The molecule has 150 valence electrons. The first-order valence-electron chi connectivity index (χ1n) is 9.60. The lowest BCUT2D eigenvalue weighted by Crippen LogP contribution is -2.30. The number of ether oxygens (including phenoxy) is 1. The van der Waals surface area contributed by atoms with Gasteiger partial charge in [0.1, 0.15) is 10.8 Å². The van der Waals surface area contributed by atoms with Gasteiger partial charge in [0, 0.05) is 21.7 Å². The van der Waals surface area contributed by atoms with Crippen molar-refractivity contribution in [1.29, 1.82) is 0 Å². The van der Waals surface area contributed by atoms with E-state index in [9.17, 15) is 9.59 Å². The number of aromatic nitrogens is 2. The van der Waals surface area contributed by atoms with E-state index in [1.807, 2.05) is 22.1 Å². The monoisotopic (exact) mass is 426 g/mol. The molecule has 0 saturated heterocycles. The number of carbonyl (C=O) groups is 1. The Kier molecular flexibility index (Phi) is 6.16. The lowest BCUT2D eigenvalue weighted by atomic mass is 9.97. The molecule has 0 atom stereocenters. The summed E-state index contributed by atoms with van der Waals surface area (Å²) < 4.78 is 6.95. The summed E-state index contributed by atoms with van der Waals surface area (Å²) in [6.45, 7) is 0.571. The molecule has 3 aromatic rings. The minimum atomic E-state index is -0.224. The van der Waals surface area contributed by atoms with Crippen LogP contribution < -0.4 is 10.4 Å². The maximum absolute atomic E-state index is 12.8. The number of hydrogen-bond donors (Lipinski definition) is 0. The van der Waals surface area contributed by atoms with Crippen molar-refractivity contribution in [1.82, 2.24) is 9.55 Å². The minimum absolute atomic E-state index is 0.0202. The van der Waals surface area contributed by atoms with Gasteiger partial charge in [0.25, 0.3) is 0 Å². The highest BCUT2D eigenvalue weighted by Crippen LogP contribution is 2.29. The van der Waals surface area contributed by atoms with Crippen molar-refractivity contribution in [2.24, 2.45) is 0 Å². The first-order valence-corrected chi connectivity index (χ1v) is 11.5. The van der Waals surface area contributed by atoms with E-state index in [1.165, 1.54) is 11.8 Å². The van der Waals surface area contributed by atoms with Crippen LogP contribution in [0.3, 0.4) is 0 Å². The zero-order chi connectivity index (χ0) is 20.2. The summed E-state index contributed by atoms with van der Waals surface area (Å²) in [7, 11) is 1.60. The first-order chi connectivity index (χ1) is 14.2. The molecule has 0 spiro atoms. The van der Waals surface area contributed by atoms with Crippen molar-refractivity contribution in [3.05, 3.63) is 74.0 Å². The number of fused-ring (bicyclic) bond motifs is 1.